The number of carbonyl (C=O) groups is 1. The first kappa shape index (κ1) is 16.5. The Bertz CT molecular complexity index is 626. The molecular formula is C15H21N5OS. The maximum atomic E-state index is 12.0. The molecule has 1 amide bonds. The maximum Gasteiger partial charge on any atom is 0.235 e. The highest BCUT2D eigenvalue weighted by Gasteiger charge is 2.21. The van der Waals surface area contributed by atoms with Gasteiger partial charge in [0.05, 0.1) is 5.25 Å². The Kier molecular flexibility index (Phi) is 5.54. The molecule has 0 bridgehead atoms. The standard InChI is InChI=1S/C15H21N5OS/c1-5-10-20-13(12-6-8-16-9-7-12)17-18-15(20)22-11(2)14(21)19(3)4/h6-9,11H,5,10H2,1-4H3. The van der Waals surface area contributed by atoms with Crippen molar-refractivity contribution in [1.82, 2.24) is 24.6 Å². The Morgan fingerprint density at radius 2 is 2.00 bits per heavy atom. The van der Waals surface area contributed by atoms with E-state index in [-0.39, 0.29) is 11.2 Å². The number of hydrogen-bond donors (Lipinski definition) is 0. The molecule has 0 spiro atoms. The van der Waals surface area contributed by atoms with Gasteiger partial charge >= 0.3 is 0 Å². The van der Waals surface area contributed by atoms with Crippen LogP contribution in [0.2, 0.25) is 0 Å². The van der Waals surface area contributed by atoms with Gasteiger partial charge in [0, 0.05) is 38.6 Å². The molecule has 7 heteroatoms. The van der Waals surface area contributed by atoms with Crippen molar-refractivity contribution in [2.45, 2.75) is 37.2 Å². The third kappa shape index (κ3) is 3.65. The van der Waals surface area contributed by atoms with Crippen LogP contribution in [-0.4, -0.2) is 49.9 Å². The van der Waals surface area contributed by atoms with Gasteiger partial charge < -0.3 is 9.47 Å². The normalized spacial score (nSPS) is 12.2. The van der Waals surface area contributed by atoms with Crippen LogP contribution < -0.4 is 0 Å². The van der Waals surface area contributed by atoms with Crippen LogP contribution in [0.1, 0.15) is 20.3 Å². The van der Waals surface area contributed by atoms with E-state index < -0.39 is 0 Å². The zero-order valence-electron chi connectivity index (χ0n) is 13.4. The Balaban J connectivity index is 2.29. The second-order valence-corrected chi connectivity index (χ2v) is 6.49. The summed E-state index contributed by atoms with van der Waals surface area (Å²) in [6.07, 6.45) is 4.45. The molecule has 0 aliphatic carbocycles. The molecule has 118 valence electrons. The minimum Gasteiger partial charge on any atom is -0.348 e. The summed E-state index contributed by atoms with van der Waals surface area (Å²) in [5.74, 6) is 0.887. The van der Waals surface area contributed by atoms with E-state index in [0.29, 0.717) is 0 Å². The zero-order chi connectivity index (χ0) is 16.1. The molecule has 0 aliphatic rings. The number of rotatable bonds is 6. The molecule has 0 radical (unpaired) electrons. The van der Waals surface area contributed by atoms with Crippen molar-refractivity contribution in [3.63, 3.8) is 0 Å². The van der Waals surface area contributed by atoms with Crippen LogP contribution in [0.4, 0.5) is 0 Å². The molecule has 2 aromatic heterocycles. The van der Waals surface area contributed by atoms with Crippen molar-refractivity contribution in [2.24, 2.45) is 0 Å². The minimum absolute atomic E-state index is 0.0708. The number of aromatic nitrogens is 4. The molecule has 0 saturated carbocycles. The Hall–Kier alpha value is -1.89. The first-order valence-corrected chi connectivity index (χ1v) is 8.14. The van der Waals surface area contributed by atoms with E-state index in [4.69, 9.17) is 0 Å². The van der Waals surface area contributed by atoms with Gasteiger partial charge in [-0.05, 0) is 25.5 Å². The summed E-state index contributed by atoms with van der Waals surface area (Å²) < 4.78 is 2.07. The smallest absolute Gasteiger partial charge is 0.235 e. The maximum absolute atomic E-state index is 12.0. The quantitative estimate of drug-likeness (QED) is 0.765. The minimum atomic E-state index is -0.194. The van der Waals surface area contributed by atoms with Crippen LogP contribution in [0.25, 0.3) is 11.4 Å². The predicted octanol–water partition coefficient (Wildman–Crippen LogP) is 2.32. The summed E-state index contributed by atoms with van der Waals surface area (Å²) in [6.45, 7) is 4.82. The SMILES string of the molecule is CCCn1c(SC(C)C(=O)N(C)C)nnc1-c1ccncc1. The van der Waals surface area contributed by atoms with E-state index >= 15 is 0 Å². The van der Waals surface area contributed by atoms with Crippen molar-refractivity contribution in [3.8, 4) is 11.4 Å². The first-order valence-electron chi connectivity index (χ1n) is 7.26. The summed E-state index contributed by atoms with van der Waals surface area (Å²) >= 11 is 1.44. The van der Waals surface area contributed by atoms with E-state index in [1.54, 1.807) is 31.4 Å². The van der Waals surface area contributed by atoms with Crippen molar-refractivity contribution < 1.29 is 4.79 Å². The summed E-state index contributed by atoms with van der Waals surface area (Å²) in [4.78, 5) is 17.7. The molecule has 0 saturated heterocycles. The highest BCUT2D eigenvalue weighted by Crippen LogP contribution is 2.27. The Morgan fingerprint density at radius 1 is 1.32 bits per heavy atom. The molecule has 1 unspecified atom stereocenters. The first-order chi connectivity index (χ1) is 10.5. The fraction of sp³-hybridized carbons (Fsp3) is 0.467. The van der Waals surface area contributed by atoms with Gasteiger partial charge in [-0.1, -0.05) is 18.7 Å². The van der Waals surface area contributed by atoms with Gasteiger partial charge in [0.1, 0.15) is 0 Å². The van der Waals surface area contributed by atoms with E-state index in [1.807, 2.05) is 19.1 Å². The molecule has 22 heavy (non-hydrogen) atoms. The number of amides is 1. The van der Waals surface area contributed by atoms with Crippen LogP contribution in [0.15, 0.2) is 29.7 Å². The van der Waals surface area contributed by atoms with Gasteiger partial charge in [0.2, 0.25) is 5.91 Å². The average molecular weight is 319 g/mol. The second kappa shape index (κ2) is 7.40. The fourth-order valence-electron chi connectivity index (χ4n) is 2.09. The van der Waals surface area contributed by atoms with E-state index in [9.17, 15) is 4.79 Å². The summed E-state index contributed by atoms with van der Waals surface area (Å²) in [5.41, 5.74) is 0.981. The van der Waals surface area contributed by atoms with Gasteiger partial charge in [-0.25, -0.2) is 0 Å². The van der Waals surface area contributed by atoms with E-state index in [0.717, 1.165) is 29.5 Å². The van der Waals surface area contributed by atoms with E-state index in [1.165, 1.54) is 11.8 Å². The molecule has 2 rings (SSSR count). The number of thioether (sulfide) groups is 1. The summed E-state index contributed by atoms with van der Waals surface area (Å²) in [7, 11) is 3.52. The molecule has 0 aliphatic heterocycles. The van der Waals surface area contributed by atoms with Crippen molar-refractivity contribution in [2.75, 3.05) is 14.1 Å². The predicted molar refractivity (Wildman–Crippen MR) is 87.6 cm³/mol. The van der Waals surface area contributed by atoms with Crippen molar-refractivity contribution in [1.29, 1.82) is 0 Å². The fourth-order valence-corrected chi connectivity index (χ4v) is 3.11. The molecule has 0 fully saturated rings. The van der Waals surface area contributed by atoms with Crippen molar-refractivity contribution >= 4 is 17.7 Å². The van der Waals surface area contributed by atoms with Gasteiger partial charge in [0.15, 0.2) is 11.0 Å². The Morgan fingerprint density at radius 3 is 2.59 bits per heavy atom. The van der Waals surface area contributed by atoms with Gasteiger partial charge in [0.25, 0.3) is 0 Å². The van der Waals surface area contributed by atoms with Crippen molar-refractivity contribution in [3.05, 3.63) is 24.5 Å². The molecule has 6 nitrogen and oxygen atoms in total. The van der Waals surface area contributed by atoms with Crippen LogP contribution in [0.3, 0.4) is 0 Å². The number of carbonyl (C=O) groups excluding carboxylic acids is 1. The van der Waals surface area contributed by atoms with Crippen LogP contribution in [0.5, 0.6) is 0 Å². The number of nitrogens with zero attached hydrogens (tertiary/aromatic N) is 5. The lowest BCUT2D eigenvalue weighted by Gasteiger charge is -2.16. The average Bonchev–Trinajstić information content (AvgIpc) is 2.90. The lowest BCUT2D eigenvalue weighted by molar-refractivity contribution is -0.127. The topological polar surface area (TPSA) is 63.9 Å². The molecule has 0 N–H and O–H groups in total. The zero-order valence-corrected chi connectivity index (χ0v) is 14.2. The Labute approximate surface area is 134 Å². The van der Waals surface area contributed by atoms with Gasteiger partial charge in [-0.2, -0.15) is 0 Å². The molecule has 2 aromatic rings. The lowest BCUT2D eigenvalue weighted by Crippen LogP contribution is -2.29. The monoisotopic (exact) mass is 319 g/mol. The van der Waals surface area contributed by atoms with Crippen LogP contribution >= 0.6 is 11.8 Å². The van der Waals surface area contributed by atoms with Gasteiger partial charge in [-0.15, -0.1) is 10.2 Å². The lowest BCUT2D eigenvalue weighted by atomic mass is 10.2. The molecule has 0 aromatic carbocycles. The summed E-state index contributed by atoms with van der Waals surface area (Å²) in [6, 6.07) is 3.83. The van der Waals surface area contributed by atoms with Crippen LogP contribution in [-0.2, 0) is 11.3 Å². The largest absolute Gasteiger partial charge is 0.348 e. The highest BCUT2D eigenvalue weighted by atomic mass is 32.2. The molecular weight excluding hydrogens is 298 g/mol. The number of pyridine rings is 1. The third-order valence-corrected chi connectivity index (χ3v) is 4.24. The van der Waals surface area contributed by atoms with Gasteiger partial charge in [-0.3, -0.25) is 9.78 Å². The third-order valence-electron chi connectivity index (χ3n) is 3.17. The summed E-state index contributed by atoms with van der Waals surface area (Å²) in [5, 5.41) is 9.16. The molecule has 2 heterocycles. The number of hydrogen-bond acceptors (Lipinski definition) is 5. The van der Waals surface area contributed by atoms with E-state index in [2.05, 4.69) is 26.7 Å². The highest BCUT2D eigenvalue weighted by molar-refractivity contribution is 8.00. The second-order valence-electron chi connectivity index (χ2n) is 5.19. The van der Waals surface area contributed by atoms with Crippen LogP contribution in [0, 0.1) is 0 Å². The molecule has 1 atom stereocenters.